The van der Waals surface area contributed by atoms with Crippen LogP contribution in [0.3, 0.4) is 0 Å². The second kappa shape index (κ2) is 5.25. The van der Waals surface area contributed by atoms with Crippen LogP contribution >= 0.6 is 15.9 Å². The Labute approximate surface area is 155 Å². The predicted octanol–water partition coefficient (Wildman–Crippen LogP) is 6.44. The fourth-order valence-electron chi connectivity index (χ4n) is 6.76. The second-order valence-corrected chi connectivity index (χ2v) is 10.5. The van der Waals surface area contributed by atoms with E-state index >= 15 is 0 Å². The quantitative estimate of drug-likeness (QED) is 0.588. The summed E-state index contributed by atoms with van der Waals surface area (Å²) in [5.41, 5.74) is 4.53. The Kier molecular flexibility index (Phi) is 3.71. The number of aromatic hydroxyl groups is 1. The van der Waals surface area contributed by atoms with Gasteiger partial charge in [0.25, 0.3) is 0 Å². The maximum Gasteiger partial charge on any atom is 0.123 e. The van der Waals surface area contributed by atoms with Crippen molar-refractivity contribution < 1.29 is 5.11 Å². The van der Waals surface area contributed by atoms with Crippen LogP contribution in [0.2, 0.25) is 0 Å². The molecule has 2 atom stereocenters. The van der Waals surface area contributed by atoms with Gasteiger partial charge in [0.2, 0.25) is 0 Å². The third-order valence-corrected chi connectivity index (χ3v) is 8.31. The number of phenols is 1. The average molecular weight is 391 g/mol. The monoisotopic (exact) mass is 390 g/mol. The van der Waals surface area contributed by atoms with Gasteiger partial charge in [-0.1, -0.05) is 55.8 Å². The number of phenolic OH excluding ortho intramolecular Hbond substituents is 1. The molecule has 0 aromatic heterocycles. The molecule has 2 unspecified atom stereocenters. The second-order valence-electron chi connectivity index (χ2n) is 9.92. The van der Waals surface area contributed by atoms with E-state index in [1.807, 2.05) is 0 Å². The normalized spacial score (nSPS) is 37.4. The van der Waals surface area contributed by atoms with Crippen LogP contribution in [0.15, 0.2) is 12.1 Å². The molecule has 24 heavy (non-hydrogen) atoms. The summed E-state index contributed by atoms with van der Waals surface area (Å²) in [6, 6.07) is 4.59. The standard InChI is InChI=1S/C22H31BrO/c1-5-21-9-14-6-15(10-21)12-22(21,11-14)18-8-17(20(2,3)4)7-16(13-23)19(18)24/h7-8,14-15,24H,5-6,9-13H2,1-4H3. The molecule has 0 spiro atoms. The SMILES string of the molecule is CCC12CC3CC(C1)CC2(c1cc(C(C)(C)C)cc(CBr)c1O)C3. The number of hydrogen-bond acceptors (Lipinski definition) is 1. The Morgan fingerprint density at radius 3 is 2.25 bits per heavy atom. The van der Waals surface area contributed by atoms with Crippen molar-refractivity contribution in [3.8, 4) is 5.75 Å². The number of alkyl halides is 1. The van der Waals surface area contributed by atoms with Crippen molar-refractivity contribution in [3.05, 3.63) is 28.8 Å². The molecule has 0 radical (unpaired) electrons. The molecular formula is C22H31BrO. The zero-order valence-corrected chi connectivity index (χ0v) is 17.2. The van der Waals surface area contributed by atoms with Gasteiger partial charge >= 0.3 is 0 Å². The Balaban J connectivity index is 1.93. The maximum absolute atomic E-state index is 11.2. The minimum absolute atomic E-state index is 0.116. The molecule has 1 aromatic carbocycles. The Morgan fingerprint density at radius 1 is 1.12 bits per heavy atom. The summed E-state index contributed by atoms with van der Waals surface area (Å²) in [5, 5.41) is 11.9. The van der Waals surface area contributed by atoms with Gasteiger partial charge in [0, 0.05) is 21.9 Å². The lowest BCUT2D eigenvalue weighted by molar-refractivity contribution is 0.171. The highest BCUT2D eigenvalue weighted by Gasteiger charge is 2.66. The zero-order valence-electron chi connectivity index (χ0n) is 15.6. The summed E-state index contributed by atoms with van der Waals surface area (Å²) in [6.45, 7) is 9.24. The van der Waals surface area contributed by atoms with Gasteiger partial charge in [-0.25, -0.2) is 0 Å². The van der Waals surface area contributed by atoms with Crippen molar-refractivity contribution in [1.82, 2.24) is 0 Å². The predicted molar refractivity (Wildman–Crippen MR) is 104 cm³/mol. The number of hydrogen-bond donors (Lipinski definition) is 1. The highest BCUT2D eigenvalue weighted by Crippen LogP contribution is 2.74. The van der Waals surface area contributed by atoms with E-state index in [9.17, 15) is 5.11 Å². The highest BCUT2D eigenvalue weighted by molar-refractivity contribution is 9.08. The summed E-state index contributed by atoms with van der Waals surface area (Å²) in [5.74, 6) is 2.37. The lowest BCUT2D eigenvalue weighted by atomic mass is 9.62. The van der Waals surface area contributed by atoms with Gasteiger partial charge in [-0.05, 0) is 66.8 Å². The van der Waals surface area contributed by atoms with Gasteiger partial charge in [-0.2, -0.15) is 0 Å². The Hall–Kier alpha value is -0.500. The maximum atomic E-state index is 11.2. The zero-order chi connectivity index (χ0) is 17.3. The van der Waals surface area contributed by atoms with Crippen LogP contribution in [-0.2, 0) is 16.2 Å². The minimum Gasteiger partial charge on any atom is -0.507 e. The molecular weight excluding hydrogens is 360 g/mol. The fourth-order valence-corrected chi connectivity index (χ4v) is 7.18. The fraction of sp³-hybridized carbons (Fsp3) is 0.727. The molecule has 2 heteroatoms. The third kappa shape index (κ3) is 2.11. The number of rotatable bonds is 3. The summed E-state index contributed by atoms with van der Waals surface area (Å²) >= 11 is 3.61. The van der Waals surface area contributed by atoms with Crippen LogP contribution in [0.1, 0.15) is 82.9 Å². The molecule has 0 aliphatic heterocycles. The summed E-state index contributed by atoms with van der Waals surface area (Å²) in [6.07, 6.45) is 8.10. The van der Waals surface area contributed by atoms with Crippen LogP contribution in [-0.4, -0.2) is 5.11 Å². The van der Waals surface area contributed by atoms with Gasteiger partial charge in [0.1, 0.15) is 5.75 Å². The van der Waals surface area contributed by atoms with E-state index < -0.39 is 0 Å². The lowest BCUT2D eigenvalue weighted by Gasteiger charge is -2.42. The van der Waals surface area contributed by atoms with Gasteiger partial charge in [-0.15, -0.1) is 0 Å². The van der Waals surface area contributed by atoms with Crippen LogP contribution in [0, 0.1) is 17.3 Å². The molecule has 0 amide bonds. The Morgan fingerprint density at radius 2 is 1.75 bits per heavy atom. The van der Waals surface area contributed by atoms with Crippen molar-refractivity contribution in [2.24, 2.45) is 17.3 Å². The van der Waals surface area contributed by atoms with Crippen LogP contribution in [0.4, 0.5) is 0 Å². The molecule has 4 aliphatic rings. The molecule has 5 rings (SSSR count). The Bertz CT molecular complexity index is 655. The summed E-state index contributed by atoms with van der Waals surface area (Å²) in [7, 11) is 0. The molecule has 0 saturated heterocycles. The van der Waals surface area contributed by atoms with E-state index in [1.165, 1.54) is 49.7 Å². The van der Waals surface area contributed by atoms with E-state index in [0.29, 0.717) is 11.2 Å². The highest BCUT2D eigenvalue weighted by atomic mass is 79.9. The molecule has 1 N–H and O–H groups in total. The molecule has 1 nitrogen and oxygen atoms in total. The minimum atomic E-state index is 0.116. The van der Waals surface area contributed by atoms with Crippen molar-refractivity contribution in [2.45, 2.75) is 82.4 Å². The van der Waals surface area contributed by atoms with Gasteiger partial charge in [-0.3, -0.25) is 0 Å². The largest absolute Gasteiger partial charge is 0.507 e. The molecule has 1 aromatic rings. The molecule has 0 heterocycles. The van der Waals surface area contributed by atoms with Crippen molar-refractivity contribution in [3.63, 3.8) is 0 Å². The van der Waals surface area contributed by atoms with E-state index in [4.69, 9.17) is 0 Å². The van der Waals surface area contributed by atoms with E-state index in [0.717, 1.165) is 22.7 Å². The smallest absolute Gasteiger partial charge is 0.123 e. The summed E-state index contributed by atoms with van der Waals surface area (Å²) < 4.78 is 0. The number of halogens is 1. The topological polar surface area (TPSA) is 20.2 Å². The molecule has 4 saturated carbocycles. The average Bonchev–Trinajstić information content (AvgIpc) is 2.87. The van der Waals surface area contributed by atoms with Crippen molar-refractivity contribution >= 4 is 15.9 Å². The molecule has 4 bridgehead atoms. The van der Waals surface area contributed by atoms with Crippen molar-refractivity contribution in [1.29, 1.82) is 0 Å². The molecule has 132 valence electrons. The third-order valence-electron chi connectivity index (χ3n) is 7.71. The summed E-state index contributed by atoms with van der Waals surface area (Å²) in [4.78, 5) is 0. The van der Waals surface area contributed by atoms with E-state index in [2.05, 4.69) is 55.8 Å². The van der Waals surface area contributed by atoms with Crippen molar-refractivity contribution in [2.75, 3.05) is 0 Å². The first kappa shape index (κ1) is 16.9. The first-order valence-corrected chi connectivity index (χ1v) is 10.8. The van der Waals surface area contributed by atoms with Crippen LogP contribution in [0.25, 0.3) is 0 Å². The van der Waals surface area contributed by atoms with E-state index in [1.54, 1.807) is 0 Å². The first-order valence-electron chi connectivity index (χ1n) is 9.67. The van der Waals surface area contributed by atoms with Gasteiger partial charge in [0.05, 0.1) is 0 Å². The van der Waals surface area contributed by atoms with Crippen LogP contribution < -0.4 is 0 Å². The van der Waals surface area contributed by atoms with Crippen LogP contribution in [0.5, 0.6) is 5.75 Å². The first-order chi connectivity index (χ1) is 11.2. The molecule has 4 fully saturated rings. The lowest BCUT2D eigenvalue weighted by Crippen LogP contribution is -2.36. The van der Waals surface area contributed by atoms with Gasteiger partial charge < -0.3 is 5.11 Å². The van der Waals surface area contributed by atoms with E-state index in [-0.39, 0.29) is 10.8 Å². The number of benzene rings is 1. The molecule has 4 aliphatic carbocycles. The van der Waals surface area contributed by atoms with Gasteiger partial charge in [0.15, 0.2) is 0 Å².